The average Bonchev–Trinajstić information content (AvgIpc) is 2.55. The molecule has 0 fully saturated rings. The van der Waals surface area contributed by atoms with Crippen LogP contribution < -0.4 is 10.9 Å². The van der Waals surface area contributed by atoms with Crippen molar-refractivity contribution in [3.05, 3.63) is 40.3 Å². The van der Waals surface area contributed by atoms with E-state index in [2.05, 4.69) is 10.4 Å². The molecule has 0 aliphatic carbocycles. The van der Waals surface area contributed by atoms with Crippen LogP contribution in [-0.2, 0) is 16.1 Å². The zero-order valence-corrected chi connectivity index (χ0v) is 16.7. The molecule has 0 saturated heterocycles. The van der Waals surface area contributed by atoms with Gasteiger partial charge in [-0.2, -0.15) is 5.10 Å². The van der Waals surface area contributed by atoms with E-state index in [9.17, 15) is 14.4 Å². The van der Waals surface area contributed by atoms with E-state index in [1.165, 1.54) is 11.6 Å². The van der Waals surface area contributed by atoms with Crippen LogP contribution in [-0.4, -0.2) is 33.3 Å². The third kappa shape index (κ3) is 5.15. The summed E-state index contributed by atoms with van der Waals surface area (Å²) in [5.74, 6) is -0.951. The number of amides is 1. The minimum Gasteiger partial charge on any atom is -0.448 e. The fourth-order valence-electron chi connectivity index (χ4n) is 2.60. The van der Waals surface area contributed by atoms with Crippen LogP contribution in [0.3, 0.4) is 0 Å². The monoisotopic (exact) mass is 373 g/mol. The quantitative estimate of drug-likeness (QED) is 0.813. The predicted molar refractivity (Wildman–Crippen MR) is 104 cm³/mol. The Morgan fingerprint density at radius 2 is 1.74 bits per heavy atom. The van der Waals surface area contributed by atoms with Crippen molar-refractivity contribution in [2.75, 3.05) is 0 Å². The molecule has 7 heteroatoms. The lowest BCUT2D eigenvalue weighted by Crippen LogP contribution is -2.46. The van der Waals surface area contributed by atoms with Crippen LogP contribution in [0.15, 0.2) is 29.1 Å². The Kier molecular flexibility index (Phi) is 6.03. The van der Waals surface area contributed by atoms with Gasteiger partial charge in [0.15, 0.2) is 11.8 Å². The van der Waals surface area contributed by atoms with Crippen LogP contribution >= 0.6 is 0 Å². The maximum Gasteiger partial charge on any atom is 0.360 e. The first kappa shape index (κ1) is 20.6. The number of nitrogens with one attached hydrogen (secondary N) is 1. The Hall–Kier alpha value is -2.70. The number of fused-ring (bicyclic) bond motifs is 1. The Bertz CT molecular complexity index is 910. The molecule has 1 atom stereocenters. The zero-order chi connectivity index (χ0) is 20.4. The van der Waals surface area contributed by atoms with Crippen LogP contribution in [0.5, 0.6) is 0 Å². The molecule has 0 aliphatic heterocycles. The molecule has 2 aromatic rings. The first-order valence-electron chi connectivity index (χ1n) is 9.02. The van der Waals surface area contributed by atoms with Crippen LogP contribution in [0.4, 0.5) is 0 Å². The van der Waals surface area contributed by atoms with E-state index in [0.29, 0.717) is 17.3 Å². The van der Waals surface area contributed by atoms with Crippen LogP contribution in [0.25, 0.3) is 10.8 Å². The molecule has 0 unspecified atom stereocenters. The van der Waals surface area contributed by atoms with Gasteiger partial charge in [0.2, 0.25) is 0 Å². The lowest BCUT2D eigenvalue weighted by Gasteiger charge is -2.23. The summed E-state index contributed by atoms with van der Waals surface area (Å²) in [6.07, 6.45) is -0.984. The SMILES string of the molecule is CC(C)Cn1nc(C(=O)O[C@H](C)C(=O)NC(C)(C)C)c2ccccc2c1=O. The maximum absolute atomic E-state index is 12.7. The number of carbonyl (C=O) groups is 2. The molecule has 146 valence electrons. The number of benzene rings is 1. The summed E-state index contributed by atoms with van der Waals surface area (Å²) in [7, 11) is 0. The van der Waals surface area contributed by atoms with Crippen LogP contribution in [0.2, 0.25) is 0 Å². The van der Waals surface area contributed by atoms with E-state index in [0.717, 1.165) is 0 Å². The molecular weight excluding hydrogens is 346 g/mol. The highest BCUT2D eigenvalue weighted by atomic mass is 16.5. The molecule has 2 rings (SSSR count). The third-order valence-electron chi connectivity index (χ3n) is 3.75. The standard InChI is InChI=1S/C20H27N3O4/c1-12(2)11-23-18(25)15-10-8-7-9-14(15)16(22-23)19(26)27-13(3)17(24)21-20(4,5)6/h7-10,12-13H,11H2,1-6H3,(H,21,24)/t13-/m1/s1. The van der Waals surface area contributed by atoms with Gasteiger partial charge in [0.1, 0.15) is 0 Å². The molecule has 27 heavy (non-hydrogen) atoms. The summed E-state index contributed by atoms with van der Waals surface area (Å²) in [6, 6.07) is 6.77. The number of hydrogen-bond donors (Lipinski definition) is 1. The first-order valence-corrected chi connectivity index (χ1v) is 9.02. The van der Waals surface area contributed by atoms with Crippen LogP contribution in [0, 0.1) is 5.92 Å². The fraction of sp³-hybridized carbons (Fsp3) is 0.500. The van der Waals surface area contributed by atoms with Gasteiger partial charge in [-0.05, 0) is 39.7 Å². The Morgan fingerprint density at radius 3 is 2.30 bits per heavy atom. The van der Waals surface area contributed by atoms with E-state index < -0.39 is 23.5 Å². The van der Waals surface area contributed by atoms with E-state index in [1.54, 1.807) is 24.3 Å². The topological polar surface area (TPSA) is 90.3 Å². The third-order valence-corrected chi connectivity index (χ3v) is 3.75. The van der Waals surface area contributed by atoms with Crippen LogP contribution in [0.1, 0.15) is 52.0 Å². The number of rotatable bonds is 5. The lowest BCUT2D eigenvalue weighted by atomic mass is 10.1. The number of ether oxygens (including phenoxy) is 1. The summed E-state index contributed by atoms with van der Waals surface area (Å²) in [6.45, 7) is 11.3. The molecule has 1 amide bonds. The number of esters is 1. The second-order valence-corrected chi connectivity index (χ2v) is 8.06. The largest absolute Gasteiger partial charge is 0.448 e. The molecule has 0 aliphatic rings. The molecule has 1 aromatic heterocycles. The second kappa shape index (κ2) is 7.90. The van der Waals surface area contributed by atoms with Gasteiger partial charge in [0, 0.05) is 17.5 Å². The van der Waals surface area contributed by atoms with Crippen molar-refractivity contribution < 1.29 is 14.3 Å². The normalized spacial score (nSPS) is 12.9. The average molecular weight is 373 g/mol. The Balaban J connectivity index is 2.39. The highest BCUT2D eigenvalue weighted by Crippen LogP contribution is 2.15. The molecule has 0 spiro atoms. The minimum atomic E-state index is -0.984. The van der Waals surface area contributed by atoms with Crippen molar-refractivity contribution >= 4 is 22.6 Å². The number of nitrogens with zero attached hydrogens (tertiary/aromatic N) is 2. The van der Waals surface area contributed by atoms with Crippen molar-refractivity contribution in [1.29, 1.82) is 0 Å². The van der Waals surface area contributed by atoms with Gasteiger partial charge in [0.25, 0.3) is 11.5 Å². The van der Waals surface area contributed by atoms with Crippen molar-refractivity contribution in [3.63, 3.8) is 0 Å². The van der Waals surface area contributed by atoms with Crippen molar-refractivity contribution in [1.82, 2.24) is 15.1 Å². The van der Waals surface area contributed by atoms with Gasteiger partial charge < -0.3 is 10.1 Å². The van der Waals surface area contributed by atoms with E-state index in [4.69, 9.17) is 4.74 Å². The Labute approximate surface area is 158 Å². The molecule has 1 N–H and O–H groups in total. The second-order valence-electron chi connectivity index (χ2n) is 8.06. The summed E-state index contributed by atoms with van der Waals surface area (Å²) in [5.41, 5.74) is -0.664. The van der Waals surface area contributed by atoms with Gasteiger partial charge >= 0.3 is 5.97 Å². The van der Waals surface area contributed by atoms with Crippen molar-refractivity contribution in [3.8, 4) is 0 Å². The van der Waals surface area contributed by atoms with Gasteiger partial charge in [-0.3, -0.25) is 9.59 Å². The number of aromatic nitrogens is 2. The molecule has 1 heterocycles. The summed E-state index contributed by atoms with van der Waals surface area (Å²) in [4.78, 5) is 37.5. The molecule has 0 radical (unpaired) electrons. The van der Waals surface area contributed by atoms with Gasteiger partial charge in [-0.25, -0.2) is 9.48 Å². The van der Waals surface area contributed by atoms with Crippen molar-refractivity contribution in [2.45, 2.75) is 59.7 Å². The fourth-order valence-corrected chi connectivity index (χ4v) is 2.60. The van der Waals surface area contributed by atoms with E-state index in [1.807, 2.05) is 34.6 Å². The number of carbonyl (C=O) groups excluding carboxylic acids is 2. The summed E-state index contributed by atoms with van der Waals surface area (Å²) in [5, 5.41) is 7.80. The minimum absolute atomic E-state index is 0.0289. The van der Waals surface area contributed by atoms with Gasteiger partial charge in [0.05, 0.1) is 5.39 Å². The Morgan fingerprint density at radius 1 is 1.15 bits per heavy atom. The van der Waals surface area contributed by atoms with E-state index >= 15 is 0 Å². The highest BCUT2D eigenvalue weighted by molar-refractivity contribution is 6.02. The zero-order valence-electron chi connectivity index (χ0n) is 16.7. The summed E-state index contributed by atoms with van der Waals surface area (Å²) >= 11 is 0. The van der Waals surface area contributed by atoms with E-state index in [-0.39, 0.29) is 17.2 Å². The smallest absolute Gasteiger partial charge is 0.360 e. The summed E-state index contributed by atoms with van der Waals surface area (Å²) < 4.78 is 6.60. The molecule has 0 bridgehead atoms. The number of hydrogen-bond acceptors (Lipinski definition) is 5. The lowest BCUT2D eigenvalue weighted by molar-refractivity contribution is -0.130. The van der Waals surface area contributed by atoms with Crippen molar-refractivity contribution in [2.24, 2.45) is 5.92 Å². The molecular formula is C20H27N3O4. The molecule has 1 aromatic carbocycles. The highest BCUT2D eigenvalue weighted by Gasteiger charge is 2.25. The molecule has 7 nitrogen and oxygen atoms in total. The van der Waals surface area contributed by atoms with Gasteiger partial charge in [-0.1, -0.05) is 32.0 Å². The first-order chi connectivity index (χ1) is 12.5. The predicted octanol–water partition coefficient (Wildman–Crippen LogP) is 2.51. The molecule has 0 saturated carbocycles. The van der Waals surface area contributed by atoms with Gasteiger partial charge in [-0.15, -0.1) is 0 Å². The maximum atomic E-state index is 12.7.